The van der Waals surface area contributed by atoms with Gasteiger partial charge >= 0.3 is 0 Å². The van der Waals surface area contributed by atoms with E-state index >= 15 is 0 Å². The molecule has 0 aromatic heterocycles. The van der Waals surface area contributed by atoms with Crippen LogP contribution in [0.5, 0.6) is 23.0 Å². The van der Waals surface area contributed by atoms with E-state index in [1.807, 2.05) is 55.1 Å². The molecule has 0 fully saturated rings. The summed E-state index contributed by atoms with van der Waals surface area (Å²) < 4.78 is 22.5. The van der Waals surface area contributed by atoms with Gasteiger partial charge in [-0.15, -0.1) is 0 Å². The predicted octanol–water partition coefficient (Wildman–Crippen LogP) is 4.70. The van der Waals surface area contributed by atoms with Crippen LogP contribution in [0, 0.1) is 0 Å². The quantitative estimate of drug-likeness (QED) is 0.398. The largest absolute Gasteiger partial charge is 0.493 e. The van der Waals surface area contributed by atoms with Gasteiger partial charge in [-0.2, -0.15) is 0 Å². The van der Waals surface area contributed by atoms with Gasteiger partial charge in [0, 0.05) is 18.7 Å². The van der Waals surface area contributed by atoms with Gasteiger partial charge in [-0.1, -0.05) is 30.3 Å². The zero-order chi connectivity index (χ0) is 28.2. The average Bonchev–Trinajstić information content (AvgIpc) is 2.98. The maximum absolute atomic E-state index is 14.0. The number of carbonyl (C=O) groups is 2. The third-order valence-corrected chi connectivity index (χ3v) is 7.63. The second-order valence-corrected chi connectivity index (χ2v) is 9.85. The van der Waals surface area contributed by atoms with Gasteiger partial charge in [0.15, 0.2) is 23.0 Å². The number of nitrogens with one attached hydrogen (secondary N) is 1. The van der Waals surface area contributed by atoms with E-state index in [9.17, 15) is 9.59 Å². The summed E-state index contributed by atoms with van der Waals surface area (Å²) in [7, 11) is 3.10. The van der Waals surface area contributed by atoms with Crippen LogP contribution in [0.1, 0.15) is 58.4 Å². The molecule has 0 radical (unpaired) electrons. The molecule has 3 aromatic rings. The first kappa shape index (κ1) is 27.4. The molecule has 2 aliphatic rings. The molecule has 8 heteroatoms. The lowest BCUT2D eigenvalue weighted by molar-refractivity contribution is -0.124. The average molecular weight is 545 g/mol. The Morgan fingerprint density at radius 2 is 1.62 bits per heavy atom. The van der Waals surface area contributed by atoms with Gasteiger partial charge in [0.2, 0.25) is 5.91 Å². The molecule has 8 nitrogen and oxygen atoms in total. The highest BCUT2D eigenvalue weighted by Crippen LogP contribution is 2.48. The summed E-state index contributed by atoms with van der Waals surface area (Å²) in [4.78, 5) is 29.6. The van der Waals surface area contributed by atoms with Crippen molar-refractivity contribution in [3.05, 3.63) is 82.4 Å². The molecule has 0 spiro atoms. The van der Waals surface area contributed by atoms with Crippen molar-refractivity contribution in [3.8, 4) is 23.0 Å². The van der Waals surface area contributed by atoms with Gasteiger partial charge in [0.1, 0.15) is 0 Å². The number of rotatable bonds is 10. The standard InChI is InChI=1S/C32H36N2O6/c1-5-39-25-12-11-20(17-28(25)40-6-2)13-15-33-31(35)29-23-18-26(37-3)27(38-4)19-24(23)32(36)34-16-14-21-9-7-8-10-22(21)30(29)34/h7-12,17-19,29-30H,5-6,13-16H2,1-4H3,(H,33,35)/t29-,30+/m1/s1. The Morgan fingerprint density at radius 3 is 2.38 bits per heavy atom. The predicted molar refractivity (Wildman–Crippen MR) is 152 cm³/mol. The lowest BCUT2D eigenvalue weighted by Crippen LogP contribution is -2.50. The highest BCUT2D eigenvalue weighted by Gasteiger charge is 2.46. The lowest BCUT2D eigenvalue weighted by Gasteiger charge is -2.45. The minimum atomic E-state index is -0.603. The van der Waals surface area contributed by atoms with Crippen LogP contribution in [0.2, 0.25) is 0 Å². The van der Waals surface area contributed by atoms with Gasteiger partial charge in [0.25, 0.3) is 5.91 Å². The molecule has 2 atom stereocenters. The van der Waals surface area contributed by atoms with Gasteiger partial charge < -0.3 is 29.2 Å². The van der Waals surface area contributed by atoms with Crippen molar-refractivity contribution in [1.82, 2.24) is 10.2 Å². The SMILES string of the molecule is CCOc1ccc(CCNC(=O)[C@@H]2c3cc(OC)c(OC)cc3C(=O)N3CCc4ccccc4[C@@H]23)cc1OCC. The second kappa shape index (κ2) is 11.9. The fourth-order valence-corrected chi connectivity index (χ4v) is 5.82. The van der Waals surface area contributed by atoms with E-state index in [1.54, 1.807) is 26.4 Å². The molecule has 2 aliphatic heterocycles. The molecule has 2 heterocycles. The number of nitrogens with zero attached hydrogens (tertiary/aromatic N) is 1. The summed E-state index contributed by atoms with van der Waals surface area (Å²) >= 11 is 0. The van der Waals surface area contributed by atoms with Crippen molar-refractivity contribution in [2.24, 2.45) is 0 Å². The van der Waals surface area contributed by atoms with Gasteiger partial charge in [0.05, 0.1) is 39.4 Å². The van der Waals surface area contributed by atoms with Crippen LogP contribution in [0.3, 0.4) is 0 Å². The summed E-state index contributed by atoms with van der Waals surface area (Å²) in [5, 5.41) is 3.16. The maximum Gasteiger partial charge on any atom is 0.254 e. The minimum absolute atomic E-state index is 0.0997. The highest BCUT2D eigenvalue weighted by molar-refractivity contribution is 6.02. The van der Waals surface area contributed by atoms with E-state index in [1.165, 1.54) is 0 Å². The smallest absolute Gasteiger partial charge is 0.254 e. The molecule has 3 aromatic carbocycles. The van der Waals surface area contributed by atoms with E-state index in [2.05, 4.69) is 11.4 Å². The molecule has 40 heavy (non-hydrogen) atoms. The third kappa shape index (κ3) is 5.06. The van der Waals surface area contributed by atoms with E-state index in [0.717, 1.165) is 23.1 Å². The summed E-state index contributed by atoms with van der Waals surface area (Å²) in [6.07, 6.45) is 1.36. The molecule has 0 aliphatic carbocycles. The molecule has 0 saturated carbocycles. The van der Waals surface area contributed by atoms with E-state index in [-0.39, 0.29) is 11.8 Å². The van der Waals surface area contributed by atoms with Crippen LogP contribution in [-0.4, -0.2) is 57.2 Å². The minimum Gasteiger partial charge on any atom is -0.493 e. The van der Waals surface area contributed by atoms with E-state index < -0.39 is 12.0 Å². The van der Waals surface area contributed by atoms with Crippen molar-refractivity contribution < 1.29 is 28.5 Å². The number of hydrogen-bond donors (Lipinski definition) is 1. The topological polar surface area (TPSA) is 86.3 Å². The van der Waals surface area contributed by atoms with Crippen molar-refractivity contribution >= 4 is 11.8 Å². The number of benzene rings is 3. The molecule has 0 bridgehead atoms. The molecule has 1 N–H and O–H groups in total. The molecular weight excluding hydrogens is 508 g/mol. The van der Waals surface area contributed by atoms with Crippen LogP contribution in [0.4, 0.5) is 0 Å². The Hall–Kier alpha value is -4.20. The number of carbonyl (C=O) groups excluding carboxylic acids is 2. The van der Waals surface area contributed by atoms with Gasteiger partial charge in [-0.3, -0.25) is 9.59 Å². The summed E-state index contributed by atoms with van der Waals surface area (Å²) in [6, 6.07) is 17.0. The molecular formula is C32H36N2O6. The summed E-state index contributed by atoms with van der Waals surface area (Å²) in [5.74, 6) is 1.52. The zero-order valence-electron chi connectivity index (χ0n) is 23.5. The van der Waals surface area contributed by atoms with Crippen LogP contribution >= 0.6 is 0 Å². The molecule has 5 rings (SSSR count). The van der Waals surface area contributed by atoms with E-state index in [0.29, 0.717) is 66.8 Å². The normalized spacial score (nSPS) is 17.3. The van der Waals surface area contributed by atoms with Crippen molar-refractivity contribution in [1.29, 1.82) is 0 Å². The number of amides is 2. The first-order valence-corrected chi connectivity index (χ1v) is 13.8. The number of ether oxygens (including phenoxy) is 4. The van der Waals surface area contributed by atoms with Gasteiger partial charge in [-0.05, 0) is 73.2 Å². The van der Waals surface area contributed by atoms with Crippen LogP contribution in [0.25, 0.3) is 0 Å². The summed E-state index contributed by atoms with van der Waals surface area (Å²) in [6.45, 7) is 5.94. The Bertz CT molecular complexity index is 1400. The van der Waals surface area contributed by atoms with Crippen LogP contribution in [-0.2, 0) is 17.6 Å². The van der Waals surface area contributed by atoms with E-state index in [4.69, 9.17) is 18.9 Å². The Kier molecular flexibility index (Phi) is 8.14. The van der Waals surface area contributed by atoms with Crippen LogP contribution in [0.15, 0.2) is 54.6 Å². The Balaban J connectivity index is 1.45. The number of fused-ring (bicyclic) bond motifs is 4. The van der Waals surface area contributed by atoms with Crippen LogP contribution < -0.4 is 24.3 Å². The maximum atomic E-state index is 14.0. The number of hydrogen-bond acceptors (Lipinski definition) is 6. The van der Waals surface area contributed by atoms with Crippen molar-refractivity contribution in [2.75, 3.05) is 40.5 Å². The highest BCUT2D eigenvalue weighted by atomic mass is 16.5. The van der Waals surface area contributed by atoms with Crippen molar-refractivity contribution in [2.45, 2.75) is 38.6 Å². The number of methoxy groups -OCH3 is 2. The first-order valence-electron chi connectivity index (χ1n) is 13.8. The molecule has 0 saturated heterocycles. The fourth-order valence-electron chi connectivity index (χ4n) is 5.82. The van der Waals surface area contributed by atoms with Gasteiger partial charge in [-0.25, -0.2) is 0 Å². The lowest BCUT2D eigenvalue weighted by atomic mass is 9.75. The molecule has 0 unspecified atom stereocenters. The Morgan fingerprint density at radius 1 is 0.900 bits per heavy atom. The zero-order valence-corrected chi connectivity index (χ0v) is 23.5. The Labute approximate surface area is 235 Å². The monoisotopic (exact) mass is 544 g/mol. The molecule has 2 amide bonds. The van der Waals surface area contributed by atoms with Crippen molar-refractivity contribution in [3.63, 3.8) is 0 Å². The second-order valence-electron chi connectivity index (χ2n) is 9.85. The first-order chi connectivity index (χ1) is 19.5. The third-order valence-electron chi connectivity index (χ3n) is 7.63. The fraction of sp³-hybridized carbons (Fsp3) is 0.375. The summed E-state index contributed by atoms with van der Waals surface area (Å²) in [5.41, 5.74) is 4.33. The molecule has 210 valence electrons.